The third-order valence-corrected chi connectivity index (χ3v) is 2.90. The molecule has 0 aliphatic heterocycles. The quantitative estimate of drug-likeness (QED) is 0.866. The summed E-state index contributed by atoms with van der Waals surface area (Å²) in [6, 6.07) is 8.67. The minimum absolute atomic E-state index is 0.143. The first kappa shape index (κ1) is 13.6. The molecule has 2 aromatic heterocycles. The normalized spacial score (nSPS) is 12.3. The van der Waals surface area contributed by atoms with Gasteiger partial charge in [-0.25, -0.2) is 4.39 Å². The van der Waals surface area contributed by atoms with Crippen LogP contribution in [-0.4, -0.2) is 16.5 Å². The molecule has 0 spiro atoms. The van der Waals surface area contributed by atoms with E-state index in [9.17, 15) is 4.39 Å². The van der Waals surface area contributed by atoms with Gasteiger partial charge in [0.1, 0.15) is 5.82 Å². The molecule has 1 unspecified atom stereocenters. The Kier molecular flexibility index (Phi) is 4.98. The van der Waals surface area contributed by atoms with Gasteiger partial charge in [0.2, 0.25) is 0 Å². The molecular weight excluding hydrogens is 241 g/mol. The lowest BCUT2D eigenvalue weighted by molar-refractivity contribution is 0.479. The summed E-state index contributed by atoms with van der Waals surface area (Å²) >= 11 is 0. The van der Waals surface area contributed by atoms with Gasteiger partial charge in [0.25, 0.3) is 0 Å². The van der Waals surface area contributed by atoms with Crippen LogP contribution in [0.4, 0.5) is 4.39 Å². The molecule has 0 saturated heterocycles. The van der Waals surface area contributed by atoms with Crippen molar-refractivity contribution in [1.82, 2.24) is 15.3 Å². The van der Waals surface area contributed by atoms with E-state index >= 15 is 0 Å². The van der Waals surface area contributed by atoms with Crippen LogP contribution in [0.3, 0.4) is 0 Å². The molecule has 0 aromatic carbocycles. The summed E-state index contributed by atoms with van der Waals surface area (Å²) in [5.74, 6) is -0.271. The van der Waals surface area contributed by atoms with E-state index in [1.54, 1.807) is 18.5 Å². The first-order chi connectivity index (χ1) is 9.31. The Bertz CT molecular complexity index is 502. The third kappa shape index (κ3) is 3.83. The van der Waals surface area contributed by atoms with Crippen LogP contribution in [0, 0.1) is 5.82 Å². The highest BCUT2D eigenvalue weighted by atomic mass is 19.1. The second-order valence-electron chi connectivity index (χ2n) is 4.40. The van der Waals surface area contributed by atoms with E-state index in [2.05, 4.69) is 22.2 Å². The highest BCUT2D eigenvalue weighted by Crippen LogP contribution is 2.18. The lowest BCUT2D eigenvalue weighted by atomic mass is 10.1. The average molecular weight is 259 g/mol. The molecule has 100 valence electrons. The molecule has 0 amide bonds. The Morgan fingerprint density at radius 3 is 2.68 bits per heavy atom. The maximum atomic E-state index is 13.8. The number of pyridine rings is 2. The molecule has 1 atom stereocenters. The number of aromatic nitrogens is 2. The number of rotatable bonds is 6. The fourth-order valence-electron chi connectivity index (χ4n) is 1.97. The summed E-state index contributed by atoms with van der Waals surface area (Å²) in [6.45, 7) is 2.91. The minimum atomic E-state index is -0.271. The summed E-state index contributed by atoms with van der Waals surface area (Å²) < 4.78 is 13.8. The molecule has 0 fully saturated rings. The predicted octanol–water partition coefficient (Wildman–Crippen LogP) is 2.90. The van der Waals surface area contributed by atoms with E-state index in [1.165, 1.54) is 6.07 Å². The van der Waals surface area contributed by atoms with E-state index in [0.717, 1.165) is 18.7 Å². The predicted molar refractivity (Wildman–Crippen MR) is 73.2 cm³/mol. The molecule has 19 heavy (non-hydrogen) atoms. The van der Waals surface area contributed by atoms with Gasteiger partial charge in [0, 0.05) is 24.5 Å². The van der Waals surface area contributed by atoms with E-state index < -0.39 is 0 Å². The second-order valence-corrected chi connectivity index (χ2v) is 4.40. The van der Waals surface area contributed by atoms with Crippen molar-refractivity contribution in [3.05, 3.63) is 59.9 Å². The van der Waals surface area contributed by atoms with Crippen LogP contribution in [0.2, 0.25) is 0 Å². The highest BCUT2D eigenvalue weighted by molar-refractivity contribution is 5.15. The molecule has 2 aromatic rings. The summed E-state index contributed by atoms with van der Waals surface area (Å²) in [6.07, 6.45) is 5.00. The number of hydrogen-bond acceptors (Lipinski definition) is 3. The smallest absolute Gasteiger partial charge is 0.146 e. The first-order valence-corrected chi connectivity index (χ1v) is 6.55. The number of hydrogen-bond donors (Lipinski definition) is 1. The molecule has 0 bridgehead atoms. The SMILES string of the molecule is CCCNC(Cc1ccccn1)c1ncccc1F. The first-order valence-electron chi connectivity index (χ1n) is 6.55. The standard InChI is InChI=1S/C15H18FN3/c1-2-8-18-14(11-12-6-3-4-9-17-12)15-13(16)7-5-10-19-15/h3-7,9-10,14,18H,2,8,11H2,1H3. The lowest BCUT2D eigenvalue weighted by Gasteiger charge is -2.18. The van der Waals surface area contributed by atoms with Crippen LogP contribution in [0.1, 0.15) is 30.8 Å². The maximum Gasteiger partial charge on any atom is 0.146 e. The van der Waals surface area contributed by atoms with Gasteiger partial charge in [-0.2, -0.15) is 0 Å². The maximum absolute atomic E-state index is 13.8. The van der Waals surface area contributed by atoms with Crippen molar-refractivity contribution < 1.29 is 4.39 Å². The summed E-state index contributed by atoms with van der Waals surface area (Å²) in [4.78, 5) is 8.45. The van der Waals surface area contributed by atoms with Gasteiger partial charge in [-0.15, -0.1) is 0 Å². The van der Waals surface area contributed by atoms with Crippen molar-refractivity contribution >= 4 is 0 Å². The van der Waals surface area contributed by atoms with Crippen LogP contribution in [0.25, 0.3) is 0 Å². The monoisotopic (exact) mass is 259 g/mol. The van der Waals surface area contributed by atoms with Crippen LogP contribution in [-0.2, 0) is 6.42 Å². The summed E-state index contributed by atoms with van der Waals surface area (Å²) in [5, 5.41) is 3.33. The van der Waals surface area contributed by atoms with Gasteiger partial charge in [-0.1, -0.05) is 13.0 Å². The number of nitrogens with zero attached hydrogens (tertiary/aromatic N) is 2. The fourth-order valence-corrected chi connectivity index (χ4v) is 1.97. The molecule has 2 heterocycles. The Morgan fingerprint density at radius 1 is 1.16 bits per heavy atom. The molecule has 0 radical (unpaired) electrons. The fraction of sp³-hybridized carbons (Fsp3) is 0.333. The van der Waals surface area contributed by atoms with Crippen LogP contribution >= 0.6 is 0 Å². The van der Waals surface area contributed by atoms with Gasteiger partial charge in [0.15, 0.2) is 0 Å². The molecule has 0 aliphatic rings. The van der Waals surface area contributed by atoms with E-state index in [4.69, 9.17) is 0 Å². The van der Waals surface area contributed by atoms with Crippen LogP contribution in [0.5, 0.6) is 0 Å². The van der Waals surface area contributed by atoms with E-state index in [0.29, 0.717) is 12.1 Å². The van der Waals surface area contributed by atoms with Crippen molar-refractivity contribution in [3.63, 3.8) is 0 Å². The molecule has 2 rings (SSSR count). The van der Waals surface area contributed by atoms with Crippen molar-refractivity contribution in [3.8, 4) is 0 Å². The largest absolute Gasteiger partial charge is 0.308 e. The molecule has 0 aliphatic carbocycles. The minimum Gasteiger partial charge on any atom is -0.308 e. The lowest BCUT2D eigenvalue weighted by Crippen LogP contribution is -2.26. The Balaban J connectivity index is 2.19. The zero-order chi connectivity index (χ0) is 13.5. The molecule has 1 N–H and O–H groups in total. The molecule has 0 saturated carbocycles. The van der Waals surface area contributed by atoms with Crippen molar-refractivity contribution in [2.45, 2.75) is 25.8 Å². The van der Waals surface area contributed by atoms with Gasteiger partial charge in [-0.05, 0) is 37.2 Å². The summed E-state index contributed by atoms with van der Waals surface area (Å²) in [7, 11) is 0. The topological polar surface area (TPSA) is 37.8 Å². The van der Waals surface area contributed by atoms with E-state index in [1.807, 2.05) is 18.2 Å². The van der Waals surface area contributed by atoms with Gasteiger partial charge in [-0.3, -0.25) is 9.97 Å². The second kappa shape index (κ2) is 6.95. The zero-order valence-electron chi connectivity index (χ0n) is 11.0. The van der Waals surface area contributed by atoms with Gasteiger partial charge in [0.05, 0.1) is 11.7 Å². The highest BCUT2D eigenvalue weighted by Gasteiger charge is 2.17. The number of nitrogens with one attached hydrogen (secondary N) is 1. The zero-order valence-corrected chi connectivity index (χ0v) is 11.0. The van der Waals surface area contributed by atoms with Crippen molar-refractivity contribution in [1.29, 1.82) is 0 Å². The van der Waals surface area contributed by atoms with Crippen molar-refractivity contribution in [2.75, 3.05) is 6.54 Å². The Labute approximate surface area is 112 Å². The van der Waals surface area contributed by atoms with Crippen molar-refractivity contribution in [2.24, 2.45) is 0 Å². The Hall–Kier alpha value is -1.81. The van der Waals surface area contributed by atoms with E-state index in [-0.39, 0.29) is 11.9 Å². The third-order valence-electron chi connectivity index (χ3n) is 2.90. The van der Waals surface area contributed by atoms with Crippen LogP contribution < -0.4 is 5.32 Å². The molecular formula is C15H18FN3. The number of halogens is 1. The average Bonchev–Trinajstić information content (AvgIpc) is 2.45. The Morgan fingerprint density at radius 2 is 2.00 bits per heavy atom. The van der Waals surface area contributed by atoms with Gasteiger partial charge < -0.3 is 5.32 Å². The molecule has 3 nitrogen and oxygen atoms in total. The van der Waals surface area contributed by atoms with Gasteiger partial charge >= 0.3 is 0 Å². The van der Waals surface area contributed by atoms with Crippen LogP contribution in [0.15, 0.2) is 42.7 Å². The summed E-state index contributed by atoms with van der Waals surface area (Å²) in [5.41, 5.74) is 1.39. The molecule has 4 heteroatoms.